The third-order valence-electron chi connectivity index (χ3n) is 2.87. The minimum absolute atomic E-state index is 0.0631. The summed E-state index contributed by atoms with van der Waals surface area (Å²) >= 11 is 0. The zero-order chi connectivity index (χ0) is 14.4. The van der Waals surface area contributed by atoms with Gasteiger partial charge in [-0.15, -0.1) is 0 Å². The lowest BCUT2D eigenvalue weighted by atomic mass is 10.1. The SMILES string of the molecule is CCc1ccc(OC(F)F)c(OCc2ccccc2)c1. The van der Waals surface area contributed by atoms with Crippen LogP contribution in [0.4, 0.5) is 8.78 Å². The first-order valence-electron chi connectivity index (χ1n) is 6.43. The molecule has 0 saturated carbocycles. The molecule has 4 heteroatoms. The fourth-order valence-electron chi connectivity index (χ4n) is 1.81. The van der Waals surface area contributed by atoms with Gasteiger partial charge in [-0.2, -0.15) is 8.78 Å². The van der Waals surface area contributed by atoms with Crippen molar-refractivity contribution in [1.82, 2.24) is 0 Å². The molecule has 0 unspecified atom stereocenters. The van der Waals surface area contributed by atoms with Gasteiger partial charge >= 0.3 is 6.61 Å². The van der Waals surface area contributed by atoms with Gasteiger partial charge in [0, 0.05) is 0 Å². The van der Waals surface area contributed by atoms with Crippen LogP contribution in [0, 0.1) is 0 Å². The molecule has 0 amide bonds. The van der Waals surface area contributed by atoms with Crippen molar-refractivity contribution in [3.05, 3.63) is 59.7 Å². The van der Waals surface area contributed by atoms with Crippen molar-refractivity contribution < 1.29 is 18.3 Å². The molecule has 0 N–H and O–H groups in total. The highest BCUT2D eigenvalue weighted by Gasteiger charge is 2.11. The number of ether oxygens (including phenoxy) is 2. The van der Waals surface area contributed by atoms with Crippen LogP contribution in [0.15, 0.2) is 48.5 Å². The predicted molar refractivity (Wildman–Crippen MR) is 73.2 cm³/mol. The van der Waals surface area contributed by atoms with Gasteiger partial charge < -0.3 is 9.47 Å². The molecule has 0 spiro atoms. The lowest BCUT2D eigenvalue weighted by Gasteiger charge is -2.13. The van der Waals surface area contributed by atoms with Crippen molar-refractivity contribution >= 4 is 0 Å². The van der Waals surface area contributed by atoms with Gasteiger partial charge in [-0.05, 0) is 29.7 Å². The highest BCUT2D eigenvalue weighted by Crippen LogP contribution is 2.30. The van der Waals surface area contributed by atoms with E-state index in [-0.39, 0.29) is 5.75 Å². The third-order valence-corrected chi connectivity index (χ3v) is 2.87. The molecule has 0 bridgehead atoms. The predicted octanol–water partition coefficient (Wildman–Crippen LogP) is 4.43. The summed E-state index contributed by atoms with van der Waals surface area (Å²) in [6, 6.07) is 14.6. The average Bonchev–Trinajstić information content (AvgIpc) is 2.47. The van der Waals surface area contributed by atoms with E-state index in [4.69, 9.17) is 4.74 Å². The van der Waals surface area contributed by atoms with Crippen LogP contribution < -0.4 is 9.47 Å². The van der Waals surface area contributed by atoms with Gasteiger partial charge in [0.2, 0.25) is 0 Å². The molecular weight excluding hydrogens is 262 g/mol. The molecule has 0 heterocycles. The minimum Gasteiger partial charge on any atom is -0.485 e. The van der Waals surface area contributed by atoms with E-state index in [9.17, 15) is 8.78 Å². The Bertz CT molecular complexity index is 541. The van der Waals surface area contributed by atoms with E-state index in [0.29, 0.717) is 12.4 Å². The molecule has 0 atom stereocenters. The van der Waals surface area contributed by atoms with Crippen LogP contribution in [0.3, 0.4) is 0 Å². The van der Waals surface area contributed by atoms with Crippen LogP contribution in [0.5, 0.6) is 11.5 Å². The summed E-state index contributed by atoms with van der Waals surface area (Å²) in [6.45, 7) is -0.557. The topological polar surface area (TPSA) is 18.5 Å². The lowest BCUT2D eigenvalue weighted by Crippen LogP contribution is -2.05. The molecule has 0 aliphatic rings. The average molecular weight is 278 g/mol. The van der Waals surface area contributed by atoms with Gasteiger partial charge in [-0.25, -0.2) is 0 Å². The minimum atomic E-state index is -2.86. The second kappa shape index (κ2) is 6.89. The van der Waals surface area contributed by atoms with Crippen molar-refractivity contribution in [2.24, 2.45) is 0 Å². The first-order chi connectivity index (χ1) is 9.69. The van der Waals surface area contributed by atoms with Gasteiger partial charge in [0.05, 0.1) is 0 Å². The maximum atomic E-state index is 12.4. The van der Waals surface area contributed by atoms with E-state index in [2.05, 4.69) is 4.74 Å². The van der Waals surface area contributed by atoms with Crippen molar-refractivity contribution in [3.8, 4) is 11.5 Å². The number of hydrogen-bond acceptors (Lipinski definition) is 2. The van der Waals surface area contributed by atoms with Gasteiger partial charge in [0.1, 0.15) is 6.61 Å². The second-order valence-corrected chi connectivity index (χ2v) is 4.29. The Balaban J connectivity index is 2.15. The monoisotopic (exact) mass is 278 g/mol. The van der Waals surface area contributed by atoms with Crippen LogP contribution in [-0.2, 0) is 13.0 Å². The first-order valence-corrected chi connectivity index (χ1v) is 6.43. The van der Waals surface area contributed by atoms with Crippen molar-refractivity contribution in [1.29, 1.82) is 0 Å². The Morgan fingerprint density at radius 2 is 1.70 bits per heavy atom. The van der Waals surface area contributed by atoms with E-state index < -0.39 is 6.61 Å². The van der Waals surface area contributed by atoms with Crippen LogP contribution in [0.2, 0.25) is 0 Å². The van der Waals surface area contributed by atoms with Crippen molar-refractivity contribution in [3.63, 3.8) is 0 Å². The number of rotatable bonds is 6. The number of hydrogen-bond donors (Lipinski definition) is 0. The molecule has 2 rings (SSSR count). The van der Waals surface area contributed by atoms with Gasteiger partial charge in [0.25, 0.3) is 0 Å². The Morgan fingerprint density at radius 3 is 2.35 bits per heavy atom. The highest BCUT2D eigenvalue weighted by molar-refractivity contribution is 5.43. The fourth-order valence-corrected chi connectivity index (χ4v) is 1.81. The lowest BCUT2D eigenvalue weighted by molar-refractivity contribution is -0.0516. The summed E-state index contributed by atoms with van der Waals surface area (Å²) < 4.78 is 34.8. The normalized spacial score (nSPS) is 10.6. The standard InChI is InChI=1S/C16H16F2O2/c1-2-12-8-9-14(20-16(17)18)15(10-12)19-11-13-6-4-3-5-7-13/h3-10,16H,2,11H2,1H3. The zero-order valence-corrected chi connectivity index (χ0v) is 11.2. The number of aryl methyl sites for hydroxylation is 1. The molecule has 0 saturated heterocycles. The molecule has 106 valence electrons. The van der Waals surface area contributed by atoms with Gasteiger partial charge in [-0.1, -0.05) is 43.3 Å². The molecule has 20 heavy (non-hydrogen) atoms. The summed E-state index contributed by atoms with van der Waals surface area (Å²) in [7, 11) is 0. The maximum absolute atomic E-state index is 12.4. The summed E-state index contributed by atoms with van der Waals surface area (Å²) in [5.74, 6) is 0.404. The highest BCUT2D eigenvalue weighted by atomic mass is 19.3. The fraction of sp³-hybridized carbons (Fsp3) is 0.250. The molecule has 2 nitrogen and oxygen atoms in total. The Hall–Kier alpha value is -2.10. The van der Waals surface area contributed by atoms with Crippen LogP contribution >= 0.6 is 0 Å². The summed E-state index contributed by atoms with van der Waals surface area (Å²) in [6.07, 6.45) is 0.802. The van der Waals surface area contributed by atoms with E-state index in [1.54, 1.807) is 12.1 Å². The third kappa shape index (κ3) is 3.95. The second-order valence-electron chi connectivity index (χ2n) is 4.29. The molecule has 0 fully saturated rings. The van der Waals surface area contributed by atoms with E-state index >= 15 is 0 Å². The van der Waals surface area contributed by atoms with E-state index in [1.807, 2.05) is 37.3 Å². The molecule has 0 aliphatic heterocycles. The van der Waals surface area contributed by atoms with Crippen LogP contribution in [-0.4, -0.2) is 6.61 Å². The number of halogens is 2. The quantitative estimate of drug-likeness (QED) is 0.778. The largest absolute Gasteiger partial charge is 0.485 e. The molecular formula is C16H16F2O2. The van der Waals surface area contributed by atoms with Gasteiger partial charge in [-0.3, -0.25) is 0 Å². The maximum Gasteiger partial charge on any atom is 0.387 e. The Kier molecular flexibility index (Phi) is 4.93. The van der Waals surface area contributed by atoms with Crippen molar-refractivity contribution in [2.75, 3.05) is 0 Å². The van der Waals surface area contributed by atoms with Crippen LogP contribution in [0.25, 0.3) is 0 Å². The summed E-state index contributed by atoms with van der Waals surface area (Å²) in [4.78, 5) is 0. The molecule has 2 aromatic rings. The molecule has 0 aromatic heterocycles. The first kappa shape index (κ1) is 14.3. The smallest absolute Gasteiger partial charge is 0.387 e. The zero-order valence-electron chi connectivity index (χ0n) is 11.2. The van der Waals surface area contributed by atoms with E-state index in [0.717, 1.165) is 17.5 Å². The Morgan fingerprint density at radius 1 is 0.950 bits per heavy atom. The van der Waals surface area contributed by atoms with Gasteiger partial charge in [0.15, 0.2) is 11.5 Å². The molecule has 0 radical (unpaired) electrons. The summed E-state index contributed by atoms with van der Waals surface area (Å²) in [5.41, 5.74) is 1.98. The molecule has 2 aromatic carbocycles. The van der Waals surface area contributed by atoms with Crippen LogP contribution in [0.1, 0.15) is 18.1 Å². The Labute approximate surface area is 117 Å². The summed E-state index contributed by atoms with van der Waals surface area (Å²) in [5, 5.41) is 0. The van der Waals surface area contributed by atoms with E-state index in [1.165, 1.54) is 6.07 Å². The molecule has 0 aliphatic carbocycles. The van der Waals surface area contributed by atoms with Crippen molar-refractivity contribution in [2.45, 2.75) is 26.6 Å². The number of alkyl halides is 2. The number of benzene rings is 2.